The molecule has 0 aromatic heterocycles. The van der Waals surface area contributed by atoms with Crippen molar-refractivity contribution in [1.82, 2.24) is 5.32 Å². The first kappa shape index (κ1) is 11.5. The molecule has 1 saturated carbocycles. The lowest BCUT2D eigenvalue weighted by atomic mass is 9.80. The normalized spacial score (nSPS) is 21.1. The third-order valence-corrected chi connectivity index (χ3v) is 3.16. The maximum absolute atomic E-state index is 11.6. The lowest BCUT2D eigenvalue weighted by Gasteiger charge is -2.32. The van der Waals surface area contributed by atoms with Gasteiger partial charge in [0.2, 0.25) is 5.91 Å². The van der Waals surface area contributed by atoms with Crippen molar-refractivity contribution in [3.63, 3.8) is 0 Å². The van der Waals surface area contributed by atoms with Crippen molar-refractivity contribution < 1.29 is 4.79 Å². The Bertz CT molecular complexity index is 190. The van der Waals surface area contributed by atoms with E-state index in [-0.39, 0.29) is 11.9 Å². The molecule has 0 aromatic carbocycles. The molecule has 82 valence electrons. The van der Waals surface area contributed by atoms with E-state index < -0.39 is 0 Å². The first-order valence-corrected chi connectivity index (χ1v) is 5.71. The van der Waals surface area contributed by atoms with Gasteiger partial charge in [0.15, 0.2) is 0 Å². The number of hydrogen-bond donors (Lipinski definition) is 2. The Morgan fingerprint density at radius 2 is 2.21 bits per heavy atom. The number of carbonyl (C=O) groups excluding carboxylic acids is 1. The van der Waals surface area contributed by atoms with Crippen LogP contribution in [0.15, 0.2) is 0 Å². The van der Waals surface area contributed by atoms with Crippen LogP contribution in [0.25, 0.3) is 0 Å². The second-order valence-electron chi connectivity index (χ2n) is 4.38. The van der Waals surface area contributed by atoms with Gasteiger partial charge in [0.25, 0.3) is 0 Å². The summed E-state index contributed by atoms with van der Waals surface area (Å²) in [5.74, 6) is 0.707. The van der Waals surface area contributed by atoms with E-state index in [0.29, 0.717) is 12.0 Å². The average Bonchev–Trinajstić information content (AvgIpc) is 2.00. The van der Waals surface area contributed by atoms with Crippen LogP contribution in [0.5, 0.6) is 0 Å². The quantitative estimate of drug-likeness (QED) is 0.702. The Morgan fingerprint density at radius 1 is 1.57 bits per heavy atom. The minimum Gasteiger partial charge on any atom is -0.352 e. The van der Waals surface area contributed by atoms with Crippen LogP contribution in [0.1, 0.15) is 46.0 Å². The second-order valence-corrected chi connectivity index (χ2v) is 4.38. The van der Waals surface area contributed by atoms with Gasteiger partial charge in [0.05, 0.1) is 6.04 Å². The van der Waals surface area contributed by atoms with Crippen molar-refractivity contribution in [3.8, 4) is 0 Å². The molecule has 1 rings (SSSR count). The largest absolute Gasteiger partial charge is 0.352 e. The Kier molecular flexibility index (Phi) is 4.39. The monoisotopic (exact) mass is 198 g/mol. The second kappa shape index (κ2) is 5.35. The molecule has 1 fully saturated rings. The number of amides is 1. The van der Waals surface area contributed by atoms with Crippen LogP contribution in [0.4, 0.5) is 0 Å². The van der Waals surface area contributed by atoms with Gasteiger partial charge in [0, 0.05) is 6.04 Å². The first-order chi connectivity index (χ1) is 6.65. The number of carbonyl (C=O) groups is 1. The summed E-state index contributed by atoms with van der Waals surface area (Å²) >= 11 is 0. The fourth-order valence-corrected chi connectivity index (χ4v) is 1.83. The highest BCUT2D eigenvalue weighted by molar-refractivity contribution is 5.81. The van der Waals surface area contributed by atoms with E-state index in [1.54, 1.807) is 0 Å². The first-order valence-electron chi connectivity index (χ1n) is 5.71. The predicted octanol–water partition coefficient (Wildman–Crippen LogP) is 1.42. The molecule has 1 unspecified atom stereocenters. The van der Waals surface area contributed by atoms with Gasteiger partial charge in [-0.05, 0) is 32.1 Å². The molecular weight excluding hydrogens is 176 g/mol. The molecule has 1 aliphatic carbocycles. The van der Waals surface area contributed by atoms with Gasteiger partial charge in [-0.2, -0.15) is 0 Å². The molecule has 0 spiro atoms. The summed E-state index contributed by atoms with van der Waals surface area (Å²) in [5.41, 5.74) is 5.72. The molecule has 3 heteroatoms. The molecule has 0 radical (unpaired) electrons. The van der Waals surface area contributed by atoms with Gasteiger partial charge in [-0.1, -0.05) is 19.8 Å². The Balaban J connectivity index is 2.24. The maximum Gasteiger partial charge on any atom is 0.237 e. The highest BCUT2D eigenvalue weighted by Gasteiger charge is 2.26. The third-order valence-electron chi connectivity index (χ3n) is 3.16. The van der Waals surface area contributed by atoms with E-state index in [4.69, 9.17) is 5.73 Å². The van der Waals surface area contributed by atoms with Crippen molar-refractivity contribution in [3.05, 3.63) is 0 Å². The van der Waals surface area contributed by atoms with Gasteiger partial charge in [-0.15, -0.1) is 0 Å². The summed E-state index contributed by atoms with van der Waals surface area (Å²) in [6.07, 6.45) is 5.57. The van der Waals surface area contributed by atoms with E-state index in [0.717, 1.165) is 12.8 Å². The van der Waals surface area contributed by atoms with Crippen LogP contribution in [0, 0.1) is 5.92 Å². The molecule has 1 amide bonds. The molecule has 14 heavy (non-hydrogen) atoms. The van der Waals surface area contributed by atoms with Crippen molar-refractivity contribution in [2.45, 2.75) is 58.0 Å². The van der Waals surface area contributed by atoms with E-state index in [9.17, 15) is 4.79 Å². The SMILES string of the molecule is CCC[C@@H](N)C(=O)NC(C)C1CCC1. The Labute approximate surface area is 86.4 Å². The number of nitrogens with two attached hydrogens (primary N) is 1. The standard InChI is InChI=1S/C11H22N2O/c1-3-5-10(12)11(14)13-8(2)9-6-4-7-9/h8-10H,3-7,12H2,1-2H3,(H,13,14)/t8?,10-/m1/s1. The molecule has 0 aliphatic heterocycles. The molecule has 0 heterocycles. The van der Waals surface area contributed by atoms with Crippen LogP contribution in [0.3, 0.4) is 0 Å². The number of rotatable bonds is 5. The van der Waals surface area contributed by atoms with Crippen molar-refractivity contribution >= 4 is 5.91 Å². The zero-order valence-corrected chi connectivity index (χ0v) is 9.25. The van der Waals surface area contributed by atoms with Crippen LogP contribution in [-0.2, 0) is 4.79 Å². The van der Waals surface area contributed by atoms with E-state index in [1.807, 2.05) is 6.92 Å². The van der Waals surface area contributed by atoms with Crippen LogP contribution < -0.4 is 11.1 Å². The summed E-state index contributed by atoms with van der Waals surface area (Å²) in [4.78, 5) is 11.6. The zero-order chi connectivity index (χ0) is 10.6. The van der Waals surface area contributed by atoms with Gasteiger partial charge >= 0.3 is 0 Å². The molecule has 0 saturated heterocycles. The maximum atomic E-state index is 11.6. The summed E-state index contributed by atoms with van der Waals surface area (Å²) < 4.78 is 0. The molecular formula is C11H22N2O. The molecule has 1 aliphatic rings. The summed E-state index contributed by atoms with van der Waals surface area (Å²) in [5, 5.41) is 3.00. The topological polar surface area (TPSA) is 55.1 Å². The summed E-state index contributed by atoms with van der Waals surface area (Å²) in [6, 6.07) is -0.0123. The van der Waals surface area contributed by atoms with Crippen molar-refractivity contribution in [2.75, 3.05) is 0 Å². The van der Waals surface area contributed by atoms with Crippen LogP contribution in [0.2, 0.25) is 0 Å². The molecule has 0 aromatic rings. The molecule has 2 atom stereocenters. The number of nitrogens with one attached hydrogen (secondary N) is 1. The smallest absolute Gasteiger partial charge is 0.237 e. The molecule has 3 N–H and O–H groups in total. The lowest BCUT2D eigenvalue weighted by Crippen LogP contribution is -2.47. The molecule has 0 bridgehead atoms. The van der Waals surface area contributed by atoms with Crippen molar-refractivity contribution in [2.24, 2.45) is 11.7 Å². The summed E-state index contributed by atoms with van der Waals surface area (Å²) in [6.45, 7) is 4.13. The van der Waals surface area contributed by atoms with E-state index >= 15 is 0 Å². The fraction of sp³-hybridized carbons (Fsp3) is 0.909. The Hall–Kier alpha value is -0.570. The summed E-state index contributed by atoms with van der Waals surface area (Å²) in [7, 11) is 0. The average molecular weight is 198 g/mol. The minimum absolute atomic E-state index is 0.0197. The van der Waals surface area contributed by atoms with Crippen LogP contribution in [-0.4, -0.2) is 18.0 Å². The van der Waals surface area contributed by atoms with E-state index in [2.05, 4.69) is 12.2 Å². The molecule has 3 nitrogen and oxygen atoms in total. The van der Waals surface area contributed by atoms with Gasteiger partial charge in [0.1, 0.15) is 0 Å². The third kappa shape index (κ3) is 2.98. The number of hydrogen-bond acceptors (Lipinski definition) is 2. The zero-order valence-electron chi connectivity index (χ0n) is 9.25. The Morgan fingerprint density at radius 3 is 2.64 bits per heavy atom. The van der Waals surface area contributed by atoms with E-state index in [1.165, 1.54) is 19.3 Å². The predicted molar refractivity (Wildman–Crippen MR) is 57.8 cm³/mol. The lowest BCUT2D eigenvalue weighted by molar-refractivity contribution is -0.123. The van der Waals surface area contributed by atoms with Gasteiger partial charge in [-0.3, -0.25) is 4.79 Å². The highest BCUT2D eigenvalue weighted by atomic mass is 16.2. The highest BCUT2D eigenvalue weighted by Crippen LogP contribution is 2.29. The van der Waals surface area contributed by atoms with Gasteiger partial charge < -0.3 is 11.1 Å². The van der Waals surface area contributed by atoms with Gasteiger partial charge in [-0.25, -0.2) is 0 Å². The van der Waals surface area contributed by atoms with Crippen molar-refractivity contribution in [1.29, 1.82) is 0 Å². The minimum atomic E-state index is -0.317. The fourth-order valence-electron chi connectivity index (χ4n) is 1.83. The van der Waals surface area contributed by atoms with Crippen LogP contribution >= 0.6 is 0 Å².